The second-order valence-corrected chi connectivity index (χ2v) is 4.16. The lowest BCUT2D eigenvalue weighted by atomic mass is 9.74. The normalized spacial score (nSPS) is 45.8. The van der Waals surface area contributed by atoms with Crippen molar-refractivity contribution < 1.29 is 0 Å². The van der Waals surface area contributed by atoms with Crippen molar-refractivity contribution in [3.8, 4) is 0 Å². The summed E-state index contributed by atoms with van der Waals surface area (Å²) in [5, 5.41) is 0. The van der Waals surface area contributed by atoms with E-state index in [2.05, 4.69) is 13.8 Å². The van der Waals surface area contributed by atoms with E-state index in [1.54, 1.807) is 0 Å². The summed E-state index contributed by atoms with van der Waals surface area (Å²) in [5.74, 6) is 0.821. The Balaban J connectivity index is 2.48. The summed E-state index contributed by atoms with van der Waals surface area (Å²) in [6.45, 7) is 4.31. The van der Waals surface area contributed by atoms with Gasteiger partial charge in [-0.25, -0.2) is 0 Å². The van der Waals surface area contributed by atoms with Crippen LogP contribution < -0.4 is 11.5 Å². The Hall–Kier alpha value is -0.0800. The average molecular weight is 156 g/mol. The van der Waals surface area contributed by atoms with E-state index in [9.17, 15) is 0 Å². The first-order valence-electron chi connectivity index (χ1n) is 4.60. The Bertz CT molecular complexity index is 132. The van der Waals surface area contributed by atoms with Crippen LogP contribution in [0, 0.1) is 5.92 Å². The summed E-state index contributed by atoms with van der Waals surface area (Å²) in [6.07, 6.45) is 4.72. The van der Waals surface area contributed by atoms with Gasteiger partial charge in [0, 0.05) is 11.6 Å². The molecule has 0 amide bonds. The van der Waals surface area contributed by atoms with Crippen LogP contribution in [0.15, 0.2) is 0 Å². The Morgan fingerprint density at radius 3 is 2.64 bits per heavy atom. The first kappa shape index (κ1) is 9.01. The summed E-state index contributed by atoms with van der Waals surface area (Å²) in [5.41, 5.74) is 11.9. The van der Waals surface area contributed by atoms with Crippen molar-refractivity contribution in [3.05, 3.63) is 0 Å². The van der Waals surface area contributed by atoms with Gasteiger partial charge in [0.05, 0.1) is 0 Å². The summed E-state index contributed by atoms with van der Waals surface area (Å²) in [4.78, 5) is 0. The maximum atomic E-state index is 6.01. The minimum absolute atomic E-state index is 0.105. The van der Waals surface area contributed by atoms with Gasteiger partial charge in [0.25, 0.3) is 0 Å². The molecule has 1 fully saturated rings. The zero-order valence-electron chi connectivity index (χ0n) is 7.64. The Morgan fingerprint density at radius 1 is 1.55 bits per heavy atom. The third-order valence-electron chi connectivity index (χ3n) is 3.10. The zero-order chi connectivity index (χ0) is 8.48. The third-order valence-corrected chi connectivity index (χ3v) is 3.10. The molecule has 4 N–H and O–H groups in total. The number of nitrogens with two attached hydrogens (primary N) is 2. The number of rotatable bonds is 1. The fourth-order valence-corrected chi connectivity index (χ4v) is 1.82. The van der Waals surface area contributed by atoms with E-state index >= 15 is 0 Å². The third kappa shape index (κ3) is 1.94. The van der Waals surface area contributed by atoms with Crippen LogP contribution in [0.4, 0.5) is 0 Å². The predicted octanol–water partition coefficient (Wildman–Crippen LogP) is 1.24. The maximum Gasteiger partial charge on any atom is 0.0279 e. The van der Waals surface area contributed by atoms with Gasteiger partial charge in [0.15, 0.2) is 0 Å². The van der Waals surface area contributed by atoms with Crippen molar-refractivity contribution in [3.63, 3.8) is 0 Å². The zero-order valence-corrected chi connectivity index (χ0v) is 7.64. The van der Waals surface area contributed by atoms with Gasteiger partial charge in [0.1, 0.15) is 0 Å². The number of hydrogen-bond acceptors (Lipinski definition) is 2. The topological polar surface area (TPSA) is 52.0 Å². The van der Waals surface area contributed by atoms with E-state index in [-0.39, 0.29) is 11.6 Å². The van der Waals surface area contributed by atoms with Crippen molar-refractivity contribution in [2.75, 3.05) is 0 Å². The molecule has 0 aromatic rings. The Kier molecular flexibility index (Phi) is 2.55. The van der Waals surface area contributed by atoms with Gasteiger partial charge in [-0.2, -0.15) is 0 Å². The van der Waals surface area contributed by atoms with Crippen LogP contribution in [-0.2, 0) is 0 Å². The lowest BCUT2D eigenvalue weighted by Crippen LogP contribution is -2.56. The predicted molar refractivity (Wildman–Crippen MR) is 48.2 cm³/mol. The molecule has 3 unspecified atom stereocenters. The molecule has 0 bridgehead atoms. The van der Waals surface area contributed by atoms with E-state index in [4.69, 9.17) is 11.5 Å². The van der Waals surface area contributed by atoms with Crippen LogP contribution in [0.3, 0.4) is 0 Å². The molecule has 1 aliphatic carbocycles. The molecule has 0 aromatic carbocycles. The standard InChI is InChI=1S/C9H20N2/c1-3-7-4-5-9(2,11)8(10)6-7/h7-8H,3-6,10-11H2,1-2H3. The molecule has 0 spiro atoms. The lowest BCUT2D eigenvalue weighted by Gasteiger charge is -2.39. The van der Waals surface area contributed by atoms with E-state index < -0.39 is 0 Å². The van der Waals surface area contributed by atoms with Gasteiger partial charge >= 0.3 is 0 Å². The van der Waals surface area contributed by atoms with Crippen LogP contribution in [-0.4, -0.2) is 11.6 Å². The molecule has 66 valence electrons. The highest BCUT2D eigenvalue weighted by atomic mass is 14.8. The molecule has 0 saturated heterocycles. The number of hydrogen-bond donors (Lipinski definition) is 2. The highest BCUT2D eigenvalue weighted by molar-refractivity contribution is 4.95. The Morgan fingerprint density at radius 2 is 2.18 bits per heavy atom. The average Bonchev–Trinajstić information content (AvgIpc) is 1.95. The fourth-order valence-electron chi connectivity index (χ4n) is 1.82. The summed E-state index contributed by atoms with van der Waals surface area (Å²) >= 11 is 0. The summed E-state index contributed by atoms with van der Waals surface area (Å²) < 4.78 is 0. The van der Waals surface area contributed by atoms with Crippen LogP contribution in [0.1, 0.15) is 39.5 Å². The largest absolute Gasteiger partial charge is 0.326 e. The second-order valence-electron chi connectivity index (χ2n) is 4.16. The minimum Gasteiger partial charge on any atom is -0.326 e. The van der Waals surface area contributed by atoms with Gasteiger partial charge in [0.2, 0.25) is 0 Å². The molecule has 0 aliphatic heterocycles. The minimum atomic E-state index is -0.105. The smallest absolute Gasteiger partial charge is 0.0279 e. The summed E-state index contributed by atoms with van der Waals surface area (Å²) in [7, 11) is 0. The molecule has 2 heteroatoms. The van der Waals surface area contributed by atoms with Gasteiger partial charge < -0.3 is 11.5 Å². The van der Waals surface area contributed by atoms with Crippen molar-refractivity contribution in [1.29, 1.82) is 0 Å². The molecular weight excluding hydrogens is 136 g/mol. The second kappa shape index (κ2) is 3.11. The van der Waals surface area contributed by atoms with Gasteiger partial charge in [-0.15, -0.1) is 0 Å². The first-order valence-corrected chi connectivity index (χ1v) is 4.60. The highest BCUT2D eigenvalue weighted by Crippen LogP contribution is 2.30. The van der Waals surface area contributed by atoms with Crippen LogP contribution in [0.2, 0.25) is 0 Å². The van der Waals surface area contributed by atoms with Crippen LogP contribution in [0.25, 0.3) is 0 Å². The van der Waals surface area contributed by atoms with Crippen LogP contribution in [0.5, 0.6) is 0 Å². The van der Waals surface area contributed by atoms with Crippen molar-refractivity contribution in [2.24, 2.45) is 17.4 Å². The fraction of sp³-hybridized carbons (Fsp3) is 1.00. The van der Waals surface area contributed by atoms with E-state index in [0.29, 0.717) is 0 Å². The molecule has 1 rings (SSSR count). The molecule has 2 nitrogen and oxygen atoms in total. The molecule has 0 aromatic heterocycles. The van der Waals surface area contributed by atoms with E-state index in [0.717, 1.165) is 18.8 Å². The van der Waals surface area contributed by atoms with Crippen LogP contribution >= 0.6 is 0 Å². The highest BCUT2D eigenvalue weighted by Gasteiger charge is 2.33. The SMILES string of the molecule is CCC1CCC(C)(N)C(N)C1. The molecule has 0 radical (unpaired) electrons. The molecule has 3 atom stereocenters. The quantitative estimate of drug-likeness (QED) is 0.600. The molecule has 0 heterocycles. The molecule has 11 heavy (non-hydrogen) atoms. The van der Waals surface area contributed by atoms with E-state index in [1.807, 2.05) is 0 Å². The monoisotopic (exact) mass is 156 g/mol. The van der Waals surface area contributed by atoms with Crippen molar-refractivity contribution in [2.45, 2.75) is 51.1 Å². The molecular formula is C9H20N2. The van der Waals surface area contributed by atoms with Gasteiger partial charge in [-0.3, -0.25) is 0 Å². The first-order chi connectivity index (χ1) is 5.06. The van der Waals surface area contributed by atoms with E-state index in [1.165, 1.54) is 12.8 Å². The van der Waals surface area contributed by atoms with Gasteiger partial charge in [-0.05, 0) is 32.1 Å². The maximum absolute atomic E-state index is 6.01. The van der Waals surface area contributed by atoms with Crippen molar-refractivity contribution >= 4 is 0 Å². The lowest BCUT2D eigenvalue weighted by molar-refractivity contribution is 0.211. The molecule has 1 saturated carbocycles. The van der Waals surface area contributed by atoms with Gasteiger partial charge in [-0.1, -0.05) is 13.3 Å². The molecule has 1 aliphatic rings. The Labute approximate surface area is 69.3 Å². The van der Waals surface area contributed by atoms with Crippen molar-refractivity contribution in [1.82, 2.24) is 0 Å². The summed E-state index contributed by atoms with van der Waals surface area (Å²) in [6, 6.07) is 0.209.